The van der Waals surface area contributed by atoms with Crippen LogP contribution in [0.3, 0.4) is 0 Å². The molecule has 1 aliphatic rings. The molecule has 0 aliphatic heterocycles. The van der Waals surface area contributed by atoms with Gasteiger partial charge in [-0.2, -0.15) is 0 Å². The fourth-order valence-corrected chi connectivity index (χ4v) is 5.79. The van der Waals surface area contributed by atoms with E-state index in [9.17, 15) is 0 Å². The van der Waals surface area contributed by atoms with E-state index in [1.54, 1.807) is 0 Å². The van der Waals surface area contributed by atoms with Crippen molar-refractivity contribution < 1.29 is 0 Å². The molecule has 0 bridgehead atoms. The van der Waals surface area contributed by atoms with Gasteiger partial charge in [0.15, 0.2) is 0 Å². The van der Waals surface area contributed by atoms with E-state index < -0.39 is 0 Å². The second-order valence-electron chi connectivity index (χ2n) is 9.23. The molecule has 162 valence electrons. The molecule has 0 amide bonds. The first-order valence-electron chi connectivity index (χ1n) is 12.0. The van der Waals surface area contributed by atoms with Crippen LogP contribution in [0.2, 0.25) is 0 Å². The summed E-state index contributed by atoms with van der Waals surface area (Å²) < 4.78 is 2.35. The molecule has 2 nitrogen and oxygen atoms in total. The summed E-state index contributed by atoms with van der Waals surface area (Å²) in [4.78, 5) is 5.23. The molecule has 0 saturated heterocycles. The van der Waals surface area contributed by atoms with Gasteiger partial charge in [-0.3, -0.25) is 0 Å². The Balaban J connectivity index is 1.40. The molecule has 2 heteroatoms. The van der Waals surface area contributed by atoms with E-state index in [1.807, 2.05) is 0 Å². The summed E-state index contributed by atoms with van der Waals surface area (Å²) in [5.41, 5.74) is 10.6. The summed E-state index contributed by atoms with van der Waals surface area (Å²) in [6.45, 7) is 0. The lowest BCUT2D eigenvalue weighted by molar-refractivity contribution is 1.18. The summed E-state index contributed by atoms with van der Waals surface area (Å²) in [5, 5.41) is 5.00. The van der Waals surface area contributed by atoms with Gasteiger partial charge in [-0.15, -0.1) is 0 Å². The highest BCUT2D eigenvalue weighted by Crippen LogP contribution is 2.47. The molecule has 0 saturated carbocycles. The van der Waals surface area contributed by atoms with Crippen molar-refractivity contribution in [1.82, 2.24) is 9.55 Å². The minimum Gasteiger partial charge on any atom is -0.309 e. The smallest absolute Gasteiger partial charge is 0.0800 e. The maximum atomic E-state index is 5.23. The molecule has 0 unspecified atom stereocenters. The quantitative estimate of drug-likeness (QED) is 0.261. The van der Waals surface area contributed by atoms with Crippen molar-refractivity contribution in [3.63, 3.8) is 0 Å². The Hall–Kier alpha value is -4.69. The van der Waals surface area contributed by atoms with Gasteiger partial charge in [-0.05, 0) is 52.9 Å². The highest BCUT2D eigenvalue weighted by Gasteiger charge is 2.23. The van der Waals surface area contributed by atoms with Gasteiger partial charge in [-0.25, -0.2) is 4.98 Å². The fraction of sp³-hybridized carbons (Fsp3) is 0. The molecule has 0 radical (unpaired) electrons. The van der Waals surface area contributed by atoms with Gasteiger partial charge in [0.05, 0.1) is 22.4 Å². The standard InChI is InChI=1S/C33H20N2/c1-2-10-23(11-3-1)35-30-16-7-6-13-25(30)28-19-21(17-18-31(28)35)29-20-22-9-8-15-26-24-12-4-5-14-27(24)33(34-29)32(22)26/h1-20H. The van der Waals surface area contributed by atoms with Crippen LogP contribution in [0.5, 0.6) is 0 Å². The normalized spacial score (nSPS) is 12.0. The minimum atomic E-state index is 1.01. The summed E-state index contributed by atoms with van der Waals surface area (Å²) in [6, 6.07) is 43.4. The van der Waals surface area contributed by atoms with Crippen LogP contribution in [0.4, 0.5) is 0 Å². The second-order valence-corrected chi connectivity index (χ2v) is 9.23. The van der Waals surface area contributed by atoms with Gasteiger partial charge in [0.2, 0.25) is 0 Å². The highest BCUT2D eigenvalue weighted by molar-refractivity contribution is 6.15. The first-order chi connectivity index (χ1) is 17.4. The first-order valence-corrected chi connectivity index (χ1v) is 12.0. The van der Waals surface area contributed by atoms with Crippen LogP contribution in [0.15, 0.2) is 121 Å². The summed E-state index contributed by atoms with van der Waals surface area (Å²) >= 11 is 0. The Bertz CT molecular complexity index is 1940. The largest absolute Gasteiger partial charge is 0.309 e. The van der Waals surface area contributed by atoms with E-state index >= 15 is 0 Å². The Morgan fingerprint density at radius 2 is 1.26 bits per heavy atom. The topological polar surface area (TPSA) is 17.8 Å². The number of rotatable bonds is 2. The second kappa shape index (κ2) is 6.91. The summed E-state index contributed by atoms with van der Waals surface area (Å²) in [5.74, 6) is 0. The Morgan fingerprint density at radius 3 is 2.17 bits per heavy atom. The number of nitrogens with zero attached hydrogens (tertiary/aromatic N) is 2. The van der Waals surface area contributed by atoms with Crippen LogP contribution in [-0.2, 0) is 0 Å². The number of hydrogen-bond donors (Lipinski definition) is 0. The van der Waals surface area contributed by atoms with Gasteiger partial charge in [-0.1, -0.05) is 84.9 Å². The van der Waals surface area contributed by atoms with Gasteiger partial charge in [0, 0.05) is 33.0 Å². The van der Waals surface area contributed by atoms with Gasteiger partial charge < -0.3 is 4.57 Å². The fourth-order valence-electron chi connectivity index (χ4n) is 5.79. The molecule has 0 N–H and O–H groups in total. The van der Waals surface area contributed by atoms with Crippen LogP contribution < -0.4 is 0 Å². The molecule has 35 heavy (non-hydrogen) atoms. The van der Waals surface area contributed by atoms with E-state index in [1.165, 1.54) is 55.0 Å². The minimum absolute atomic E-state index is 1.01. The van der Waals surface area contributed by atoms with Crippen molar-refractivity contribution in [3.05, 3.63) is 121 Å². The lowest BCUT2D eigenvalue weighted by Crippen LogP contribution is -1.93. The SMILES string of the molecule is c1ccc(-n2c3ccccc3c3cc(-c4cc5cccc6c5c(n4)-c4ccccc4-6)ccc32)cc1. The third-order valence-corrected chi connectivity index (χ3v) is 7.31. The van der Waals surface area contributed by atoms with E-state index in [0.29, 0.717) is 0 Å². The maximum absolute atomic E-state index is 5.23. The van der Waals surface area contributed by atoms with Crippen molar-refractivity contribution >= 4 is 32.6 Å². The maximum Gasteiger partial charge on any atom is 0.0800 e. The van der Waals surface area contributed by atoms with E-state index in [2.05, 4.69) is 126 Å². The molecule has 5 aromatic carbocycles. The third-order valence-electron chi connectivity index (χ3n) is 7.31. The summed E-state index contributed by atoms with van der Waals surface area (Å²) in [6.07, 6.45) is 0. The van der Waals surface area contributed by atoms with Crippen LogP contribution >= 0.6 is 0 Å². The molecule has 7 aromatic rings. The van der Waals surface area contributed by atoms with Gasteiger partial charge in [0.1, 0.15) is 0 Å². The zero-order valence-electron chi connectivity index (χ0n) is 18.9. The molecular weight excluding hydrogens is 424 g/mol. The van der Waals surface area contributed by atoms with Crippen LogP contribution in [0, 0.1) is 0 Å². The predicted octanol–water partition coefficient (Wildman–Crippen LogP) is 8.65. The van der Waals surface area contributed by atoms with Crippen molar-refractivity contribution in [2.24, 2.45) is 0 Å². The molecule has 0 spiro atoms. The zero-order chi connectivity index (χ0) is 22.9. The number of pyridine rings is 1. The molecule has 8 rings (SSSR count). The Morgan fingerprint density at radius 1 is 0.514 bits per heavy atom. The van der Waals surface area contributed by atoms with Crippen LogP contribution in [0.1, 0.15) is 0 Å². The molecule has 0 atom stereocenters. The van der Waals surface area contributed by atoms with Crippen molar-refractivity contribution in [2.45, 2.75) is 0 Å². The number of fused-ring (bicyclic) bond motifs is 6. The highest BCUT2D eigenvalue weighted by atomic mass is 15.0. The van der Waals surface area contributed by atoms with Gasteiger partial charge in [0.25, 0.3) is 0 Å². The number of hydrogen-bond acceptors (Lipinski definition) is 1. The molecule has 2 aromatic heterocycles. The molecular formula is C33H20N2. The molecule has 2 heterocycles. The van der Waals surface area contributed by atoms with Crippen molar-refractivity contribution in [3.8, 4) is 39.3 Å². The van der Waals surface area contributed by atoms with E-state index in [0.717, 1.165) is 17.0 Å². The number of aromatic nitrogens is 2. The molecule has 0 fully saturated rings. The average molecular weight is 445 g/mol. The lowest BCUT2D eigenvalue weighted by atomic mass is 10.0. The summed E-state index contributed by atoms with van der Waals surface area (Å²) in [7, 11) is 0. The van der Waals surface area contributed by atoms with Crippen molar-refractivity contribution in [1.29, 1.82) is 0 Å². The zero-order valence-corrected chi connectivity index (χ0v) is 18.9. The number of para-hydroxylation sites is 2. The first kappa shape index (κ1) is 18.7. The van der Waals surface area contributed by atoms with Crippen molar-refractivity contribution in [2.75, 3.05) is 0 Å². The Kier molecular flexibility index (Phi) is 3.69. The monoisotopic (exact) mass is 444 g/mol. The van der Waals surface area contributed by atoms with E-state index in [-0.39, 0.29) is 0 Å². The third kappa shape index (κ3) is 2.57. The number of benzene rings is 5. The lowest BCUT2D eigenvalue weighted by Gasteiger charge is -2.09. The Labute approximate surface area is 202 Å². The van der Waals surface area contributed by atoms with Crippen LogP contribution in [0.25, 0.3) is 71.9 Å². The average Bonchev–Trinajstić information content (AvgIpc) is 3.43. The molecule has 1 aliphatic carbocycles. The van der Waals surface area contributed by atoms with E-state index in [4.69, 9.17) is 4.98 Å². The van der Waals surface area contributed by atoms with Crippen LogP contribution in [-0.4, -0.2) is 9.55 Å². The predicted molar refractivity (Wildman–Crippen MR) is 146 cm³/mol. The van der Waals surface area contributed by atoms with Gasteiger partial charge >= 0.3 is 0 Å².